The van der Waals surface area contributed by atoms with Gasteiger partial charge >= 0.3 is 5.97 Å². The predicted octanol–water partition coefficient (Wildman–Crippen LogP) is 1.18. The summed E-state index contributed by atoms with van der Waals surface area (Å²) in [6, 6.07) is 6.16. The number of aliphatic carboxylic acids is 1. The van der Waals surface area contributed by atoms with Crippen LogP contribution in [0.2, 0.25) is 0 Å². The molecule has 106 valence electrons. The molecule has 0 heterocycles. The fourth-order valence-corrected chi connectivity index (χ4v) is 2.76. The van der Waals surface area contributed by atoms with E-state index in [1.54, 1.807) is 12.1 Å². The monoisotopic (exact) mass is 287 g/mol. The van der Waals surface area contributed by atoms with Crippen molar-refractivity contribution in [1.29, 1.82) is 0 Å². The summed E-state index contributed by atoms with van der Waals surface area (Å²) < 4.78 is 30.5. The van der Waals surface area contributed by atoms with Gasteiger partial charge in [-0.3, -0.25) is 4.79 Å². The van der Waals surface area contributed by atoms with Gasteiger partial charge in [0.25, 0.3) is 0 Å². The number of rotatable bonds is 7. The second-order valence-electron chi connectivity index (χ2n) is 4.00. The van der Waals surface area contributed by atoms with Gasteiger partial charge in [-0.05, 0) is 18.6 Å². The van der Waals surface area contributed by atoms with E-state index in [0.29, 0.717) is 5.75 Å². The van der Waals surface area contributed by atoms with Gasteiger partial charge in [-0.15, -0.1) is 0 Å². The second-order valence-corrected chi connectivity index (χ2v) is 6.05. The van der Waals surface area contributed by atoms with Crippen molar-refractivity contribution in [3.63, 3.8) is 0 Å². The third kappa shape index (κ3) is 4.22. The summed E-state index contributed by atoms with van der Waals surface area (Å²) in [5.41, 5.74) is 0. The number of carbonyl (C=O) groups is 1. The molecule has 1 aromatic carbocycles. The van der Waals surface area contributed by atoms with Crippen molar-refractivity contribution >= 4 is 16.0 Å². The highest BCUT2D eigenvalue weighted by Crippen LogP contribution is 2.20. The number of methoxy groups -OCH3 is 1. The van der Waals surface area contributed by atoms with Crippen LogP contribution < -0.4 is 4.74 Å². The summed E-state index contributed by atoms with van der Waals surface area (Å²) in [6.07, 6.45) is 0.215. The zero-order valence-corrected chi connectivity index (χ0v) is 11.7. The lowest BCUT2D eigenvalue weighted by atomic mass is 10.3. The molecule has 1 rings (SSSR count). The number of benzene rings is 1. The highest BCUT2D eigenvalue weighted by Gasteiger charge is 2.20. The number of nitrogens with zero attached hydrogens (tertiary/aromatic N) is 1. The van der Waals surface area contributed by atoms with Crippen molar-refractivity contribution < 1.29 is 23.1 Å². The molecule has 1 aromatic rings. The summed E-state index contributed by atoms with van der Waals surface area (Å²) in [5.74, 6) is -0.479. The molecule has 7 heteroatoms. The van der Waals surface area contributed by atoms with E-state index in [9.17, 15) is 13.2 Å². The quantitative estimate of drug-likeness (QED) is 0.814. The highest BCUT2D eigenvalue weighted by atomic mass is 32.2. The maximum atomic E-state index is 12.2. The lowest BCUT2D eigenvalue weighted by Crippen LogP contribution is -2.28. The van der Waals surface area contributed by atoms with E-state index in [0.717, 1.165) is 4.31 Å². The molecule has 0 unspecified atom stereocenters. The first kappa shape index (κ1) is 15.5. The van der Waals surface area contributed by atoms with Crippen LogP contribution >= 0.6 is 0 Å². The number of carboxylic acid groups (broad SMARTS) is 1. The van der Waals surface area contributed by atoms with Crippen LogP contribution in [-0.4, -0.2) is 44.5 Å². The standard InChI is InChI=1S/C12H17NO5S/c1-13(8-4-7-12(14)15)19(16,17)11-6-3-5-10(9-11)18-2/h3,5-6,9H,4,7-8H2,1-2H3,(H,14,15). The number of sulfonamides is 1. The molecule has 0 spiro atoms. The number of carboxylic acids is 1. The Bertz CT molecular complexity index is 541. The Balaban J connectivity index is 2.81. The van der Waals surface area contributed by atoms with Crippen LogP contribution in [0.4, 0.5) is 0 Å². The minimum atomic E-state index is -3.61. The third-order valence-corrected chi connectivity index (χ3v) is 4.47. The maximum Gasteiger partial charge on any atom is 0.303 e. The SMILES string of the molecule is COc1cccc(S(=O)(=O)N(C)CCCC(=O)O)c1. The molecule has 0 aromatic heterocycles. The molecule has 0 radical (unpaired) electrons. The Morgan fingerprint density at radius 2 is 2.11 bits per heavy atom. The Kier molecular flexibility index (Phi) is 5.31. The van der Waals surface area contributed by atoms with Crippen LogP contribution in [0.1, 0.15) is 12.8 Å². The van der Waals surface area contributed by atoms with Gasteiger partial charge in [0.15, 0.2) is 0 Å². The minimum Gasteiger partial charge on any atom is -0.497 e. The molecular weight excluding hydrogens is 270 g/mol. The van der Waals surface area contributed by atoms with Gasteiger partial charge in [-0.25, -0.2) is 12.7 Å². The smallest absolute Gasteiger partial charge is 0.303 e. The molecule has 0 saturated carbocycles. The van der Waals surface area contributed by atoms with E-state index in [1.807, 2.05) is 0 Å². The molecule has 0 aliphatic heterocycles. The lowest BCUT2D eigenvalue weighted by molar-refractivity contribution is -0.137. The van der Waals surface area contributed by atoms with E-state index in [2.05, 4.69) is 0 Å². The van der Waals surface area contributed by atoms with Crippen LogP contribution in [0.25, 0.3) is 0 Å². The Morgan fingerprint density at radius 1 is 1.42 bits per heavy atom. The van der Waals surface area contributed by atoms with E-state index in [4.69, 9.17) is 9.84 Å². The number of ether oxygens (including phenoxy) is 1. The fraction of sp³-hybridized carbons (Fsp3) is 0.417. The molecule has 6 nitrogen and oxygen atoms in total. The highest BCUT2D eigenvalue weighted by molar-refractivity contribution is 7.89. The van der Waals surface area contributed by atoms with Crippen molar-refractivity contribution in [3.05, 3.63) is 24.3 Å². The summed E-state index contributed by atoms with van der Waals surface area (Å²) >= 11 is 0. The molecule has 0 fully saturated rings. The Morgan fingerprint density at radius 3 is 2.68 bits per heavy atom. The molecule has 1 N–H and O–H groups in total. The van der Waals surface area contributed by atoms with E-state index < -0.39 is 16.0 Å². The zero-order chi connectivity index (χ0) is 14.5. The topological polar surface area (TPSA) is 83.9 Å². The first-order valence-electron chi connectivity index (χ1n) is 5.70. The largest absolute Gasteiger partial charge is 0.497 e. The van der Waals surface area contributed by atoms with Crippen LogP contribution in [0.3, 0.4) is 0 Å². The molecule has 19 heavy (non-hydrogen) atoms. The molecule has 0 aliphatic carbocycles. The molecule has 0 amide bonds. The van der Waals surface area contributed by atoms with Crippen molar-refractivity contribution in [2.45, 2.75) is 17.7 Å². The van der Waals surface area contributed by atoms with Gasteiger partial charge in [-0.2, -0.15) is 0 Å². The average Bonchev–Trinajstić information content (AvgIpc) is 2.38. The summed E-state index contributed by atoms with van der Waals surface area (Å²) in [5, 5.41) is 8.53. The summed E-state index contributed by atoms with van der Waals surface area (Å²) in [6.45, 7) is 0.159. The Labute approximate surface area is 112 Å². The Hall–Kier alpha value is -1.60. The third-order valence-electron chi connectivity index (χ3n) is 2.61. The van der Waals surface area contributed by atoms with E-state index in [-0.39, 0.29) is 24.3 Å². The van der Waals surface area contributed by atoms with Crippen LogP contribution in [0, 0.1) is 0 Å². The minimum absolute atomic E-state index is 0.0576. The summed E-state index contributed by atoms with van der Waals surface area (Å²) in [7, 11) is -0.721. The fourth-order valence-electron chi connectivity index (χ4n) is 1.51. The number of hydrogen-bond donors (Lipinski definition) is 1. The lowest BCUT2D eigenvalue weighted by Gasteiger charge is -2.17. The van der Waals surface area contributed by atoms with Gasteiger partial charge < -0.3 is 9.84 Å². The predicted molar refractivity (Wildman–Crippen MR) is 69.7 cm³/mol. The van der Waals surface area contributed by atoms with Crippen molar-refractivity contribution in [1.82, 2.24) is 4.31 Å². The van der Waals surface area contributed by atoms with Gasteiger partial charge in [-0.1, -0.05) is 6.07 Å². The normalized spacial score (nSPS) is 11.5. The number of hydrogen-bond acceptors (Lipinski definition) is 4. The first-order valence-corrected chi connectivity index (χ1v) is 7.14. The van der Waals surface area contributed by atoms with Gasteiger partial charge in [0.2, 0.25) is 10.0 Å². The van der Waals surface area contributed by atoms with Crippen LogP contribution in [0.15, 0.2) is 29.2 Å². The first-order chi connectivity index (χ1) is 8.87. The van der Waals surface area contributed by atoms with Crippen LogP contribution in [0.5, 0.6) is 5.75 Å². The molecule has 0 saturated heterocycles. The van der Waals surface area contributed by atoms with E-state index >= 15 is 0 Å². The summed E-state index contributed by atoms with van der Waals surface area (Å²) in [4.78, 5) is 10.5. The molecular formula is C12H17NO5S. The van der Waals surface area contributed by atoms with Gasteiger partial charge in [0, 0.05) is 26.1 Å². The molecule has 0 bridgehead atoms. The van der Waals surface area contributed by atoms with Gasteiger partial charge in [0.1, 0.15) is 5.75 Å². The van der Waals surface area contributed by atoms with Crippen molar-refractivity contribution in [2.24, 2.45) is 0 Å². The molecule has 0 atom stereocenters. The molecule has 0 aliphatic rings. The van der Waals surface area contributed by atoms with Crippen molar-refractivity contribution in [3.8, 4) is 5.75 Å². The van der Waals surface area contributed by atoms with Gasteiger partial charge in [0.05, 0.1) is 12.0 Å². The maximum absolute atomic E-state index is 12.2. The van der Waals surface area contributed by atoms with E-state index in [1.165, 1.54) is 26.3 Å². The van der Waals surface area contributed by atoms with Crippen LogP contribution in [-0.2, 0) is 14.8 Å². The second kappa shape index (κ2) is 6.53. The van der Waals surface area contributed by atoms with Crippen molar-refractivity contribution in [2.75, 3.05) is 20.7 Å². The zero-order valence-electron chi connectivity index (χ0n) is 10.9. The average molecular weight is 287 g/mol.